The largest absolute Gasteiger partial charge is 0.305 e. The van der Waals surface area contributed by atoms with Crippen LogP contribution in [-0.2, 0) is 4.79 Å². The van der Waals surface area contributed by atoms with E-state index in [4.69, 9.17) is 5.84 Å². The number of hydrogen-bond acceptors (Lipinski definition) is 3. The van der Waals surface area contributed by atoms with Gasteiger partial charge in [-0.1, -0.05) is 13.8 Å². The molecule has 4 heteroatoms. The lowest BCUT2D eigenvalue weighted by atomic mass is 9.77. The van der Waals surface area contributed by atoms with Gasteiger partial charge in [-0.15, -0.1) is 0 Å². The van der Waals surface area contributed by atoms with Crippen molar-refractivity contribution in [3.8, 4) is 0 Å². The number of rotatable bonds is 1. The lowest BCUT2D eigenvalue weighted by Crippen LogP contribution is -2.56. The van der Waals surface area contributed by atoms with E-state index in [0.29, 0.717) is 0 Å². The fourth-order valence-electron chi connectivity index (χ4n) is 1.74. The van der Waals surface area contributed by atoms with Crippen molar-refractivity contribution in [2.75, 3.05) is 6.54 Å². The minimum Gasteiger partial charge on any atom is -0.305 e. The molecule has 4 N–H and O–H groups in total. The number of nitrogens with one attached hydrogen (secondary N) is 2. The third-order valence-corrected chi connectivity index (χ3v) is 2.53. The van der Waals surface area contributed by atoms with Crippen molar-refractivity contribution in [3.05, 3.63) is 0 Å². The topological polar surface area (TPSA) is 67.2 Å². The highest BCUT2D eigenvalue weighted by Crippen LogP contribution is 2.29. The number of nitrogens with two attached hydrogens (primary N) is 1. The van der Waals surface area contributed by atoms with Gasteiger partial charge in [0, 0.05) is 0 Å². The summed E-state index contributed by atoms with van der Waals surface area (Å²) in [6, 6.07) is -0.142. The summed E-state index contributed by atoms with van der Waals surface area (Å²) >= 11 is 0. The molecular weight excluding hydrogens is 154 g/mol. The van der Waals surface area contributed by atoms with E-state index in [1.165, 1.54) is 0 Å². The van der Waals surface area contributed by atoms with Crippen LogP contribution in [-0.4, -0.2) is 18.5 Å². The molecule has 70 valence electrons. The Labute approximate surface area is 72.9 Å². The second-order valence-electron chi connectivity index (χ2n) is 3.99. The Kier molecular flexibility index (Phi) is 2.69. The van der Waals surface area contributed by atoms with Crippen LogP contribution in [0.15, 0.2) is 0 Å². The van der Waals surface area contributed by atoms with E-state index < -0.39 is 0 Å². The maximum atomic E-state index is 11.3. The van der Waals surface area contributed by atoms with Gasteiger partial charge in [-0.3, -0.25) is 10.2 Å². The molecule has 0 radical (unpaired) electrons. The Morgan fingerprint density at radius 2 is 2.33 bits per heavy atom. The van der Waals surface area contributed by atoms with E-state index in [9.17, 15) is 4.79 Å². The Morgan fingerprint density at radius 1 is 1.67 bits per heavy atom. The van der Waals surface area contributed by atoms with Crippen LogP contribution >= 0.6 is 0 Å². The van der Waals surface area contributed by atoms with Crippen LogP contribution in [0.25, 0.3) is 0 Å². The van der Waals surface area contributed by atoms with Crippen molar-refractivity contribution in [2.45, 2.75) is 32.7 Å². The molecular formula is C8H17N3O. The molecule has 0 aromatic heterocycles. The molecule has 12 heavy (non-hydrogen) atoms. The second kappa shape index (κ2) is 3.41. The highest BCUT2D eigenvalue weighted by molar-refractivity contribution is 5.82. The standard InChI is InChI=1S/C8H17N3O/c1-8(2)4-3-5-10-6(8)7(12)11-9/h6,10H,3-5,9H2,1-2H3,(H,11,12)/t6-/m1/s1. The van der Waals surface area contributed by atoms with Crippen molar-refractivity contribution in [3.63, 3.8) is 0 Å². The summed E-state index contributed by atoms with van der Waals surface area (Å²) in [5, 5.41) is 3.17. The van der Waals surface area contributed by atoms with Crippen LogP contribution in [0.1, 0.15) is 26.7 Å². The normalized spacial score (nSPS) is 28.1. The first-order valence-corrected chi connectivity index (χ1v) is 4.32. The molecule has 1 saturated heterocycles. The zero-order chi connectivity index (χ0) is 9.19. The van der Waals surface area contributed by atoms with Crippen molar-refractivity contribution >= 4 is 5.91 Å². The third-order valence-electron chi connectivity index (χ3n) is 2.53. The summed E-state index contributed by atoms with van der Waals surface area (Å²) in [4.78, 5) is 11.3. The zero-order valence-electron chi connectivity index (χ0n) is 7.68. The molecule has 1 amide bonds. The molecule has 1 heterocycles. The van der Waals surface area contributed by atoms with Gasteiger partial charge in [0.25, 0.3) is 5.91 Å². The molecule has 0 spiro atoms. The number of amides is 1. The number of hydrogen-bond donors (Lipinski definition) is 3. The van der Waals surface area contributed by atoms with E-state index in [1.807, 2.05) is 0 Å². The number of carbonyl (C=O) groups is 1. The third kappa shape index (κ3) is 1.76. The maximum absolute atomic E-state index is 11.3. The SMILES string of the molecule is CC1(C)CCCN[C@@H]1C(=O)NN. The van der Waals surface area contributed by atoms with Gasteiger partial charge in [0.2, 0.25) is 0 Å². The molecule has 0 aromatic rings. The highest BCUT2D eigenvalue weighted by Gasteiger charge is 2.36. The highest BCUT2D eigenvalue weighted by atomic mass is 16.2. The van der Waals surface area contributed by atoms with Gasteiger partial charge in [0.1, 0.15) is 0 Å². The van der Waals surface area contributed by atoms with Crippen molar-refractivity contribution in [1.29, 1.82) is 0 Å². The Morgan fingerprint density at radius 3 is 2.83 bits per heavy atom. The summed E-state index contributed by atoms with van der Waals surface area (Å²) < 4.78 is 0. The van der Waals surface area contributed by atoms with Crippen molar-refractivity contribution in [2.24, 2.45) is 11.3 Å². The fourth-order valence-corrected chi connectivity index (χ4v) is 1.74. The van der Waals surface area contributed by atoms with Crippen LogP contribution in [0.2, 0.25) is 0 Å². The van der Waals surface area contributed by atoms with Crippen LogP contribution in [0.4, 0.5) is 0 Å². The minimum absolute atomic E-state index is 0.0156. The first-order valence-electron chi connectivity index (χ1n) is 4.32. The van der Waals surface area contributed by atoms with Gasteiger partial charge in [-0.25, -0.2) is 5.84 Å². The van der Waals surface area contributed by atoms with E-state index in [0.717, 1.165) is 19.4 Å². The predicted molar refractivity (Wildman–Crippen MR) is 47.1 cm³/mol. The Balaban J connectivity index is 2.66. The van der Waals surface area contributed by atoms with E-state index >= 15 is 0 Å². The Hall–Kier alpha value is -0.610. The van der Waals surface area contributed by atoms with Gasteiger partial charge in [0.15, 0.2) is 0 Å². The lowest BCUT2D eigenvalue weighted by molar-refractivity contribution is -0.126. The number of hydrazine groups is 1. The molecule has 1 fully saturated rings. The molecule has 0 unspecified atom stereocenters. The van der Waals surface area contributed by atoms with Crippen LogP contribution < -0.4 is 16.6 Å². The summed E-state index contributed by atoms with van der Waals surface area (Å²) in [6.07, 6.45) is 2.19. The van der Waals surface area contributed by atoms with E-state index in [-0.39, 0.29) is 17.4 Å². The average Bonchev–Trinajstić information content (AvgIpc) is 2.02. The Bertz CT molecular complexity index is 179. The summed E-state index contributed by atoms with van der Waals surface area (Å²) in [5.41, 5.74) is 2.20. The zero-order valence-corrected chi connectivity index (χ0v) is 7.68. The first kappa shape index (κ1) is 9.48. The predicted octanol–water partition coefficient (Wildman–Crippen LogP) is -0.245. The minimum atomic E-state index is -0.142. The lowest BCUT2D eigenvalue weighted by Gasteiger charge is -2.37. The average molecular weight is 171 g/mol. The quantitative estimate of drug-likeness (QED) is 0.290. The molecule has 4 nitrogen and oxygen atoms in total. The van der Waals surface area contributed by atoms with Gasteiger partial charge in [-0.05, 0) is 24.8 Å². The van der Waals surface area contributed by atoms with Crippen LogP contribution in [0, 0.1) is 5.41 Å². The van der Waals surface area contributed by atoms with E-state index in [2.05, 4.69) is 24.6 Å². The van der Waals surface area contributed by atoms with Crippen LogP contribution in [0.5, 0.6) is 0 Å². The first-order chi connectivity index (χ1) is 5.58. The molecule has 1 aliphatic heterocycles. The summed E-state index contributed by atoms with van der Waals surface area (Å²) in [6.45, 7) is 5.07. The summed E-state index contributed by atoms with van der Waals surface area (Å²) in [7, 11) is 0. The molecule has 0 saturated carbocycles. The number of piperidine rings is 1. The van der Waals surface area contributed by atoms with Crippen molar-refractivity contribution < 1.29 is 4.79 Å². The smallest absolute Gasteiger partial charge is 0.251 e. The molecule has 1 aliphatic rings. The number of carbonyl (C=O) groups excluding carboxylic acids is 1. The monoisotopic (exact) mass is 171 g/mol. The second-order valence-corrected chi connectivity index (χ2v) is 3.99. The summed E-state index contributed by atoms with van der Waals surface area (Å²) in [5.74, 6) is 4.97. The molecule has 0 aromatic carbocycles. The van der Waals surface area contributed by atoms with Gasteiger partial charge in [0.05, 0.1) is 6.04 Å². The molecule has 1 rings (SSSR count). The maximum Gasteiger partial charge on any atom is 0.251 e. The van der Waals surface area contributed by atoms with Crippen molar-refractivity contribution in [1.82, 2.24) is 10.7 Å². The van der Waals surface area contributed by atoms with Crippen LogP contribution in [0.3, 0.4) is 0 Å². The molecule has 0 aliphatic carbocycles. The molecule has 0 bridgehead atoms. The van der Waals surface area contributed by atoms with Gasteiger partial charge in [-0.2, -0.15) is 0 Å². The van der Waals surface area contributed by atoms with E-state index in [1.54, 1.807) is 0 Å². The molecule has 1 atom stereocenters. The van der Waals surface area contributed by atoms with Gasteiger partial charge < -0.3 is 5.32 Å². The van der Waals surface area contributed by atoms with Gasteiger partial charge >= 0.3 is 0 Å². The fraction of sp³-hybridized carbons (Fsp3) is 0.875.